The first-order valence-electron chi connectivity index (χ1n) is 7.82. The van der Waals surface area contributed by atoms with Crippen LogP contribution in [0, 0.1) is 0 Å². The standard InChI is InChI=1S/C17H29N3O2/c1-5-18-16(20-14-17(2,3)21-4)19-12-9-13-22-15-10-7-6-8-11-15/h6-8,10-11H,5,9,12-14H2,1-4H3,(H2,18,19,20). The molecule has 0 bridgehead atoms. The van der Waals surface area contributed by atoms with Gasteiger partial charge in [-0.15, -0.1) is 0 Å². The fourth-order valence-electron chi connectivity index (χ4n) is 1.66. The molecule has 0 saturated carbocycles. The SMILES string of the molecule is CCNC(=NCC(C)(C)OC)NCCCOc1ccccc1. The van der Waals surface area contributed by atoms with Gasteiger partial charge in [0.25, 0.3) is 0 Å². The molecule has 22 heavy (non-hydrogen) atoms. The molecular formula is C17H29N3O2. The molecule has 124 valence electrons. The summed E-state index contributed by atoms with van der Waals surface area (Å²) in [5.41, 5.74) is -0.251. The molecule has 0 aliphatic rings. The first kappa shape index (κ1) is 18.3. The van der Waals surface area contributed by atoms with Crippen molar-refractivity contribution in [3.8, 4) is 5.75 Å². The van der Waals surface area contributed by atoms with E-state index >= 15 is 0 Å². The summed E-state index contributed by atoms with van der Waals surface area (Å²) < 4.78 is 11.0. The van der Waals surface area contributed by atoms with Crippen molar-refractivity contribution in [1.29, 1.82) is 0 Å². The average Bonchev–Trinajstić information content (AvgIpc) is 2.53. The molecule has 1 rings (SSSR count). The molecule has 1 aromatic rings. The maximum absolute atomic E-state index is 5.66. The van der Waals surface area contributed by atoms with E-state index in [0.717, 1.165) is 31.2 Å². The van der Waals surface area contributed by atoms with E-state index < -0.39 is 0 Å². The summed E-state index contributed by atoms with van der Waals surface area (Å²) in [4.78, 5) is 4.54. The van der Waals surface area contributed by atoms with E-state index in [2.05, 4.69) is 22.5 Å². The van der Waals surface area contributed by atoms with Crippen LogP contribution in [0.4, 0.5) is 0 Å². The van der Waals surface area contributed by atoms with Crippen LogP contribution < -0.4 is 15.4 Å². The Labute approximate surface area is 134 Å². The minimum atomic E-state index is -0.251. The van der Waals surface area contributed by atoms with E-state index in [0.29, 0.717) is 13.2 Å². The van der Waals surface area contributed by atoms with Crippen LogP contribution in [0.1, 0.15) is 27.2 Å². The lowest BCUT2D eigenvalue weighted by Crippen LogP contribution is -2.39. The number of benzene rings is 1. The summed E-state index contributed by atoms with van der Waals surface area (Å²) in [6.45, 7) is 9.03. The smallest absolute Gasteiger partial charge is 0.191 e. The third-order valence-corrected chi connectivity index (χ3v) is 3.14. The third kappa shape index (κ3) is 7.88. The highest BCUT2D eigenvalue weighted by Crippen LogP contribution is 2.08. The topological polar surface area (TPSA) is 54.9 Å². The number of hydrogen-bond donors (Lipinski definition) is 2. The Kier molecular flexibility index (Phi) is 8.36. The summed E-state index contributed by atoms with van der Waals surface area (Å²) in [5, 5.41) is 6.54. The van der Waals surface area contributed by atoms with Crippen molar-refractivity contribution in [3.05, 3.63) is 30.3 Å². The number of para-hydroxylation sites is 1. The minimum absolute atomic E-state index is 0.251. The van der Waals surface area contributed by atoms with Crippen LogP contribution in [-0.2, 0) is 4.74 Å². The van der Waals surface area contributed by atoms with E-state index in [9.17, 15) is 0 Å². The number of nitrogens with one attached hydrogen (secondary N) is 2. The largest absolute Gasteiger partial charge is 0.494 e. The van der Waals surface area contributed by atoms with E-state index in [-0.39, 0.29) is 5.60 Å². The van der Waals surface area contributed by atoms with Crippen LogP contribution in [0.3, 0.4) is 0 Å². The molecule has 5 heteroatoms. The van der Waals surface area contributed by atoms with E-state index in [4.69, 9.17) is 9.47 Å². The van der Waals surface area contributed by atoms with Crippen LogP contribution in [0.2, 0.25) is 0 Å². The number of ether oxygens (including phenoxy) is 2. The van der Waals surface area contributed by atoms with Gasteiger partial charge in [-0.05, 0) is 39.3 Å². The van der Waals surface area contributed by atoms with Crippen LogP contribution in [0.25, 0.3) is 0 Å². The van der Waals surface area contributed by atoms with Crippen LogP contribution in [0.15, 0.2) is 35.3 Å². The van der Waals surface area contributed by atoms with Gasteiger partial charge < -0.3 is 20.1 Å². The predicted octanol–water partition coefficient (Wildman–Crippen LogP) is 2.44. The maximum Gasteiger partial charge on any atom is 0.191 e. The second kappa shape index (κ2) is 10.1. The van der Waals surface area contributed by atoms with Gasteiger partial charge in [-0.25, -0.2) is 0 Å². The van der Waals surface area contributed by atoms with Crippen LogP contribution in [-0.4, -0.2) is 44.9 Å². The zero-order chi connectivity index (χ0) is 16.3. The molecule has 0 radical (unpaired) electrons. The quantitative estimate of drug-likeness (QED) is 0.418. The van der Waals surface area contributed by atoms with Crippen molar-refractivity contribution in [2.24, 2.45) is 4.99 Å². The number of nitrogens with zero attached hydrogens (tertiary/aromatic N) is 1. The number of guanidine groups is 1. The van der Waals surface area contributed by atoms with Gasteiger partial charge in [0, 0.05) is 20.2 Å². The summed E-state index contributed by atoms with van der Waals surface area (Å²) in [6, 6.07) is 9.86. The molecule has 0 aliphatic heterocycles. The van der Waals surface area contributed by atoms with Crippen LogP contribution in [0.5, 0.6) is 5.75 Å². The normalized spacial score (nSPS) is 12.1. The van der Waals surface area contributed by atoms with Gasteiger partial charge >= 0.3 is 0 Å². The summed E-state index contributed by atoms with van der Waals surface area (Å²) in [7, 11) is 1.71. The fourth-order valence-corrected chi connectivity index (χ4v) is 1.66. The molecular weight excluding hydrogens is 278 g/mol. The fraction of sp³-hybridized carbons (Fsp3) is 0.588. The second-order valence-electron chi connectivity index (χ2n) is 5.60. The molecule has 0 unspecified atom stereocenters. The molecule has 1 aromatic carbocycles. The number of aliphatic imine (C=N–C) groups is 1. The van der Waals surface area contributed by atoms with Crippen molar-refractivity contribution in [1.82, 2.24) is 10.6 Å². The van der Waals surface area contributed by atoms with E-state index in [1.807, 2.05) is 44.2 Å². The van der Waals surface area contributed by atoms with Crippen LogP contribution >= 0.6 is 0 Å². The molecule has 0 aliphatic carbocycles. The zero-order valence-electron chi connectivity index (χ0n) is 14.2. The van der Waals surface area contributed by atoms with Gasteiger partial charge in [0.2, 0.25) is 0 Å². The maximum atomic E-state index is 5.66. The van der Waals surface area contributed by atoms with Crippen molar-refractivity contribution in [2.75, 3.05) is 33.4 Å². The van der Waals surface area contributed by atoms with E-state index in [1.165, 1.54) is 0 Å². The van der Waals surface area contributed by atoms with Crippen molar-refractivity contribution in [2.45, 2.75) is 32.8 Å². The average molecular weight is 307 g/mol. The number of rotatable bonds is 9. The lowest BCUT2D eigenvalue weighted by molar-refractivity contribution is 0.0310. The zero-order valence-corrected chi connectivity index (χ0v) is 14.2. The summed E-state index contributed by atoms with van der Waals surface area (Å²) in [5.74, 6) is 1.72. The lowest BCUT2D eigenvalue weighted by atomic mass is 10.1. The van der Waals surface area contributed by atoms with Gasteiger partial charge in [0.05, 0.1) is 18.8 Å². The Bertz CT molecular complexity index is 433. The summed E-state index contributed by atoms with van der Waals surface area (Å²) >= 11 is 0. The molecule has 0 saturated heterocycles. The second-order valence-corrected chi connectivity index (χ2v) is 5.60. The van der Waals surface area contributed by atoms with Gasteiger partial charge in [0.15, 0.2) is 5.96 Å². The molecule has 0 heterocycles. The molecule has 2 N–H and O–H groups in total. The Morgan fingerprint density at radius 2 is 1.91 bits per heavy atom. The highest BCUT2D eigenvalue weighted by Gasteiger charge is 2.15. The first-order chi connectivity index (χ1) is 10.6. The molecule has 0 amide bonds. The Hall–Kier alpha value is -1.75. The Balaban J connectivity index is 2.27. The minimum Gasteiger partial charge on any atom is -0.494 e. The molecule has 0 spiro atoms. The Morgan fingerprint density at radius 1 is 1.18 bits per heavy atom. The monoisotopic (exact) mass is 307 g/mol. The van der Waals surface area contributed by atoms with Gasteiger partial charge in [-0.3, -0.25) is 4.99 Å². The van der Waals surface area contributed by atoms with E-state index in [1.54, 1.807) is 7.11 Å². The Morgan fingerprint density at radius 3 is 2.55 bits per heavy atom. The highest BCUT2D eigenvalue weighted by atomic mass is 16.5. The van der Waals surface area contributed by atoms with Gasteiger partial charge in [0.1, 0.15) is 5.75 Å². The van der Waals surface area contributed by atoms with Crippen molar-refractivity contribution < 1.29 is 9.47 Å². The number of methoxy groups -OCH3 is 1. The predicted molar refractivity (Wildman–Crippen MR) is 91.6 cm³/mol. The summed E-state index contributed by atoms with van der Waals surface area (Å²) in [6.07, 6.45) is 0.910. The van der Waals surface area contributed by atoms with Gasteiger partial charge in [-0.1, -0.05) is 18.2 Å². The lowest BCUT2D eigenvalue weighted by Gasteiger charge is -2.21. The molecule has 0 fully saturated rings. The van der Waals surface area contributed by atoms with Crippen molar-refractivity contribution >= 4 is 5.96 Å². The molecule has 0 atom stereocenters. The first-order valence-corrected chi connectivity index (χ1v) is 7.82. The molecule has 5 nitrogen and oxygen atoms in total. The number of hydrogen-bond acceptors (Lipinski definition) is 3. The van der Waals surface area contributed by atoms with Crippen molar-refractivity contribution in [3.63, 3.8) is 0 Å². The highest BCUT2D eigenvalue weighted by molar-refractivity contribution is 5.79. The third-order valence-electron chi connectivity index (χ3n) is 3.14. The van der Waals surface area contributed by atoms with Gasteiger partial charge in [-0.2, -0.15) is 0 Å². The molecule has 0 aromatic heterocycles.